The van der Waals surface area contributed by atoms with Crippen LogP contribution in [-0.2, 0) is 25.6 Å². The predicted octanol–water partition coefficient (Wildman–Crippen LogP) is 4.02. The molecule has 2 bridgehead atoms. The van der Waals surface area contributed by atoms with E-state index >= 15 is 0 Å². The first-order valence-corrected chi connectivity index (χ1v) is 13.1. The Morgan fingerprint density at radius 3 is 2.75 bits per heavy atom. The van der Waals surface area contributed by atoms with E-state index in [0.717, 1.165) is 18.4 Å². The number of carbonyl (C=O) groups is 3. The van der Waals surface area contributed by atoms with Crippen LogP contribution in [0.2, 0.25) is 0 Å². The van der Waals surface area contributed by atoms with Crippen molar-refractivity contribution in [3.05, 3.63) is 36.4 Å². The van der Waals surface area contributed by atoms with Gasteiger partial charge in [-0.15, -0.1) is 6.58 Å². The second kappa shape index (κ2) is 8.56. The number of allylic oxidation sites excluding steroid dienone is 1. The number of hydrogen-bond donors (Lipinski definition) is 2. The summed E-state index contributed by atoms with van der Waals surface area (Å²) in [6.07, 6.45) is 3.57. The molecule has 7 nitrogen and oxygen atoms in total. The molecular formula is C28H36BNO6. The summed E-state index contributed by atoms with van der Waals surface area (Å²) in [6.45, 7) is 12.4. The van der Waals surface area contributed by atoms with E-state index in [1.165, 1.54) is 0 Å². The highest BCUT2D eigenvalue weighted by molar-refractivity contribution is 6.61. The summed E-state index contributed by atoms with van der Waals surface area (Å²) in [5.41, 5.74) is 0.0840. The summed E-state index contributed by atoms with van der Waals surface area (Å²) in [5.74, 6) is -0.189. The summed E-state index contributed by atoms with van der Waals surface area (Å²) < 4.78 is 11.4. The van der Waals surface area contributed by atoms with Gasteiger partial charge in [0.05, 0.1) is 6.61 Å². The van der Waals surface area contributed by atoms with Gasteiger partial charge in [0, 0.05) is 41.2 Å². The van der Waals surface area contributed by atoms with E-state index in [9.17, 15) is 19.4 Å². The molecule has 1 amide bonds. The summed E-state index contributed by atoms with van der Waals surface area (Å²) in [4.78, 5) is 40.6. The molecule has 192 valence electrons. The Balaban J connectivity index is 1.51. The number of anilines is 1. The zero-order valence-corrected chi connectivity index (χ0v) is 21.6. The third-order valence-corrected chi connectivity index (χ3v) is 10.3. The van der Waals surface area contributed by atoms with Gasteiger partial charge in [0.15, 0.2) is 0 Å². The molecule has 2 N–H and O–H groups in total. The SMILES string of the molecule is C=C[C@]1(C)C[C@@H](OC(=O)Nc2ccc3c(c2)B(O)OC3)[C@]2(C)[C@H](C)CC[C@]3(CCC(=O)[C@H]32)[C@@H](C)C1=O. The number of fused-ring (bicyclic) bond motifs is 1. The molecular weight excluding hydrogens is 457 g/mol. The fourth-order valence-electron chi connectivity index (χ4n) is 7.85. The molecule has 0 unspecified atom stereocenters. The molecule has 3 aliphatic carbocycles. The number of amides is 1. The summed E-state index contributed by atoms with van der Waals surface area (Å²) in [6, 6.07) is 5.24. The monoisotopic (exact) mass is 493 g/mol. The standard InChI is InChI=1S/C28H36BNO6/c1-6-26(4)14-22(36-25(33)30-19-8-7-18-15-35-29(34)20(18)13-19)27(5)16(2)9-11-28(17(3)24(26)32)12-10-21(31)23(27)28/h6-8,13,16-17,22-23,34H,1,9-12,14-15H2,2-5H3,(H,30,33)/t16-,17+,22-,23+,26-,27+,28+/m1/s1. The lowest BCUT2D eigenvalue weighted by atomic mass is 9.44. The Morgan fingerprint density at radius 1 is 1.28 bits per heavy atom. The molecule has 36 heavy (non-hydrogen) atoms. The average Bonchev–Trinajstić information content (AvgIpc) is 3.40. The quantitative estimate of drug-likeness (QED) is 0.487. The van der Waals surface area contributed by atoms with Crippen molar-refractivity contribution in [1.29, 1.82) is 0 Å². The molecule has 1 aliphatic heterocycles. The van der Waals surface area contributed by atoms with E-state index in [4.69, 9.17) is 9.39 Å². The number of carbonyl (C=O) groups excluding carboxylic acids is 3. The van der Waals surface area contributed by atoms with E-state index in [1.807, 2.05) is 19.9 Å². The van der Waals surface area contributed by atoms with E-state index in [-0.39, 0.29) is 35.7 Å². The molecule has 3 fully saturated rings. The maximum atomic E-state index is 13.9. The lowest BCUT2D eigenvalue weighted by Gasteiger charge is -2.60. The normalized spacial score (nSPS) is 39.6. The van der Waals surface area contributed by atoms with Gasteiger partial charge in [-0.3, -0.25) is 14.9 Å². The number of benzene rings is 1. The van der Waals surface area contributed by atoms with Crippen molar-refractivity contribution in [1.82, 2.24) is 0 Å². The fourth-order valence-corrected chi connectivity index (χ4v) is 7.85. The van der Waals surface area contributed by atoms with Gasteiger partial charge in [0.1, 0.15) is 17.7 Å². The third-order valence-electron chi connectivity index (χ3n) is 10.3. The minimum atomic E-state index is -1.02. The summed E-state index contributed by atoms with van der Waals surface area (Å²) in [5, 5.41) is 12.8. The van der Waals surface area contributed by atoms with Crippen LogP contribution in [0.25, 0.3) is 0 Å². The molecule has 3 saturated carbocycles. The molecule has 0 radical (unpaired) electrons. The predicted molar refractivity (Wildman–Crippen MR) is 136 cm³/mol. The zero-order chi connectivity index (χ0) is 26.0. The molecule has 0 saturated heterocycles. The van der Waals surface area contributed by atoms with Gasteiger partial charge < -0.3 is 14.4 Å². The van der Waals surface area contributed by atoms with Crippen LogP contribution in [0.1, 0.15) is 65.4 Å². The minimum absolute atomic E-state index is 0.0791. The number of nitrogens with one attached hydrogen (secondary N) is 1. The third kappa shape index (κ3) is 3.51. The van der Waals surface area contributed by atoms with Crippen LogP contribution in [0, 0.1) is 34.0 Å². The maximum absolute atomic E-state index is 13.9. The molecule has 5 rings (SSSR count). The fraction of sp³-hybridized carbons (Fsp3) is 0.607. The number of Topliss-reactive ketones (excluding diaryl/α,β-unsaturated/α-hetero) is 2. The van der Waals surface area contributed by atoms with Gasteiger partial charge in [-0.25, -0.2) is 4.79 Å². The van der Waals surface area contributed by atoms with Crippen molar-refractivity contribution < 1.29 is 28.8 Å². The summed E-state index contributed by atoms with van der Waals surface area (Å²) >= 11 is 0. The summed E-state index contributed by atoms with van der Waals surface area (Å²) in [7, 11) is -1.02. The van der Waals surface area contributed by atoms with Crippen LogP contribution >= 0.6 is 0 Å². The number of hydrogen-bond acceptors (Lipinski definition) is 6. The first-order valence-electron chi connectivity index (χ1n) is 13.1. The van der Waals surface area contributed by atoms with Crippen molar-refractivity contribution in [3.63, 3.8) is 0 Å². The van der Waals surface area contributed by atoms with Gasteiger partial charge in [-0.2, -0.15) is 0 Å². The van der Waals surface area contributed by atoms with Crippen LogP contribution in [0.4, 0.5) is 10.5 Å². The lowest BCUT2D eigenvalue weighted by molar-refractivity contribution is -0.175. The first kappa shape index (κ1) is 25.2. The van der Waals surface area contributed by atoms with Gasteiger partial charge >= 0.3 is 13.2 Å². The van der Waals surface area contributed by atoms with E-state index < -0.39 is 35.6 Å². The molecule has 1 aromatic carbocycles. The first-order chi connectivity index (χ1) is 17.0. The second-order valence-corrected chi connectivity index (χ2v) is 11.9. The molecule has 4 aliphatic rings. The molecule has 0 spiro atoms. The van der Waals surface area contributed by atoms with Crippen molar-refractivity contribution in [2.75, 3.05) is 5.32 Å². The van der Waals surface area contributed by atoms with Gasteiger partial charge in [-0.05, 0) is 60.7 Å². The Morgan fingerprint density at radius 2 is 2.03 bits per heavy atom. The van der Waals surface area contributed by atoms with Gasteiger partial charge in [0.2, 0.25) is 0 Å². The van der Waals surface area contributed by atoms with Crippen LogP contribution in [-0.4, -0.2) is 35.9 Å². The molecule has 0 aromatic heterocycles. The van der Waals surface area contributed by atoms with Crippen molar-refractivity contribution in [2.45, 2.75) is 72.5 Å². The zero-order valence-electron chi connectivity index (χ0n) is 21.6. The number of rotatable bonds is 3. The molecule has 1 heterocycles. The molecule has 8 heteroatoms. The van der Waals surface area contributed by atoms with E-state index in [1.54, 1.807) is 18.2 Å². The largest absolute Gasteiger partial charge is 0.491 e. The number of ether oxygens (including phenoxy) is 1. The lowest BCUT2D eigenvalue weighted by Crippen LogP contribution is -2.62. The highest BCUT2D eigenvalue weighted by atomic mass is 16.6. The van der Waals surface area contributed by atoms with E-state index in [2.05, 4.69) is 25.7 Å². The Hall–Kier alpha value is -2.45. The Labute approximate surface area is 213 Å². The van der Waals surface area contributed by atoms with E-state index in [0.29, 0.717) is 30.6 Å². The molecule has 1 aromatic rings. The van der Waals surface area contributed by atoms with Crippen molar-refractivity contribution >= 4 is 35.9 Å². The Bertz CT molecular complexity index is 1140. The number of ketones is 2. The maximum Gasteiger partial charge on any atom is 0.491 e. The minimum Gasteiger partial charge on any atom is -0.445 e. The van der Waals surface area contributed by atoms with Crippen molar-refractivity contribution in [2.24, 2.45) is 34.0 Å². The van der Waals surface area contributed by atoms with Gasteiger partial charge in [-0.1, -0.05) is 32.9 Å². The topological polar surface area (TPSA) is 102 Å². The van der Waals surface area contributed by atoms with Crippen molar-refractivity contribution in [3.8, 4) is 0 Å². The van der Waals surface area contributed by atoms with Crippen LogP contribution in [0.3, 0.4) is 0 Å². The second-order valence-electron chi connectivity index (χ2n) is 11.9. The highest BCUT2D eigenvalue weighted by Crippen LogP contribution is 2.67. The van der Waals surface area contributed by atoms with Crippen LogP contribution < -0.4 is 10.8 Å². The Kier molecular flexibility index (Phi) is 5.99. The molecule has 7 atom stereocenters. The van der Waals surface area contributed by atoms with Gasteiger partial charge in [0.25, 0.3) is 0 Å². The van der Waals surface area contributed by atoms with Crippen LogP contribution in [0.5, 0.6) is 0 Å². The smallest absolute Gasteiger partial charge is 0.445 e. The highest BCUT2D eigenvalue weighted by Gasteiger charge is 2.68. The van der Waals surface area contributed by atoms with Crippen LogP contribution in [0.15, 0.2) is 30.9 Å². The average molecular weight is 493 g/mol.